The van der Waals surface area contributed by atoms with Crippen LogP contribution in [0.15, 0.2) is 12.3 Å². The molecule has 0 aliphatic carbocycles. The lowest BCUT2D eigenvalue weighted by Gasteiger charge is -2.31. The number of carbonyl (C=O) groups excluding carboxylic acids is 1. The van der Waals surface area contributed by atoms with Crippen LogP contribution in [0.25, 0.3) is 0 Å². The lowest BCUT2D eigenvalue weighted by Crippen LogP contribution is -2.46. The fraction of sp³-hybridized carbons (Fsp3) is 0.688. The van der Waals surface area contributed by atoms with Crippen molar-refractivity contribution in [3.63, 3.8) is 0 Å². The van der Waals surface area contributed by atoms with E-state index < -0.39 is 17.9 Å². The van der Waals surface area contributed by atoms with E-state index in [-0.39, 0.29) is 17.9 Å². The average Bonchev–Trinajstić information content (AvgIpc) is 2.92. The van der Waals surface area contributed by atoms with Crippen molar-refractivity contribution in [2.24, 2.45) is 18.9 Å². The summed E-state index contributed by atoms with van der Waals surface area (Å²) in [5, 5.41) is 16.1. The maximum atomic E-state index is 12.6. The number of aromatic nitrogens is 2. The van der Waals surface area contributed by atoms with E-state index in [1.54, 1.807) is 17.9 Å². The zero-order valence-electron chi connectivity index (χ0n) is 13.9. The molecule has 0 radical (unpaired) electrons. The van der Waals surface area contributed by atoms with Gasteiger partial charge in [0.25, 0.3) is 0 Å². The van der Waals surface area contributed by atoms with Crippen molar-refractivity contribution in [3.05, 3.63) is 18.0 Å². The summed E-state index contributed by atoms with van der Waals surface area (Å²) in [4.78, 5) is 24.0. The molecule has 7 heteroatoms. The largest absolute Gasteiger partial charge is 0.480 e. The maximum absolute atomic E-state index is 12.6. The molecular formula is C16H25N3O4. The normalized spacial score (nSPS) is 22.8. The van der Waals surface area contributed by atoms with E-state index >= 15 is 0 Å². The third-order valence-electron chi connectivity index (χ3n) is 4.13. The number of amides is 1. The van der Waals surface area contributed by atoms with E-state index in [4.69, 9.17) is 4.74 Å². The number of nitrogens with zero attached hydrogens (tertiary/aromatic N) is 2. The number of rotatable bonds is 6. The van der Waals surface area contributed by atoms with Crippen molar-refractivity contribution in [1.82, 2.24) is 15.1 Å². The number of hydrogen-bond donors (Lipinski definition) is 2. The Bertz CT molecular complexity index is 555. The number of carbonyl (C=O) groups is 2. The molecule has 0 spiro atoms. The van der Waals surface area contributed by atoms with Crippen LogP contribution in [0.5, 0.6) is 0 Å². The molecule has 1 fully saturated rings. The molecule has 7 nitrogen and oxygen atoms in total. The fourth-order valence-corrected chi connectivity index (χ4v) is 2.98. The summed E-state index contributed by atoms with van der Waals surface area (Å²) in [6.45, 7) is 4.46. The molecular weight excluding hydrogens is 298 g/mol. The Kier molecular flexibility index (Phi) is 5.76. The first-order chi connectivity index (χ1) is 10.9. The van der Waals surface area contributed by atoms with Gasteiger partial charge in [-0.3, -0.25) is 9.48 Å². The van der Waals surface area contributed by atoms with E-state index in [0.29, 0.717) is 19.4 Å². The molecule has 1 aromatic heterocycles. The third kappa shape index (κ3) is 4.31. The highest BCUT2D eigenvalue weighted by atomic mass is 16.5. The van der Waals surface area contributed by atoms with Gasteiger partial charge in [-0.1, -0.05) is 13.8 Å². The number of aliphatic carboxylic acids is 1. The quantitative estimate of drug-likeness (QED) is 0.827. The molecule has 2 heterocycles. The molecule has 1 aromatic rings. The van der Waals surface area contributed by atoms with E-state index in [1.165, 1.54) is 0 Å². The standard InChI is InChI=1S/C16H25N3O4/c1-10(2)9-12(16(21)22)18-15(20)11-5-4-8-23-14(11)13-6-7-17-19(13)3/h6-7,10-12,14H,4-5,8-9H2,1-3H3,(H,18,20)(H,21,22)/t11-,12-,14-/m1/s1. The zero-order valence-corrected chi connectivity index (χ0v) is 13.9. The third-order valence-corrected chi connectivity index (χ3v) is 4.13. The minimum Gasteiger partial charge on any atom is -0.480 e. The predicted octanol–water partition coefficient (Wildman–Crippen LogP) is 1.50. The van der Waals surface area contributed by atoms with Gasteiger partial charge in [-0.25, -0.2) is 4.79 Å². The number of aryl methyl sites for hydroxylation is 1. The molecule has 23 heavy (non-hydrogen) atoms. The van der Waals surface area contributed by atoms with E-state index in [0.717, 1.165) is 12.1 Å². The summed E-state index contributed by atoms with van der Waals surface area (Å²) in [6.07, 6.45) is 3.15. The van der Waals surface area contributed by atoms with Crippen LogP contribution < -0.4 is 5.32 Å². The van der Waals surface area contributed by atoms with Crippen molar-refractivity contribution in [3.8, 4) is 0 Å². The molecule has 128 valence electrons. The van der Waals surface area contributed by atoms with Gasteiger partial charge in [-0.05, 0) is 31.2 Å². The van der Waals surface area contributed by atoms with E-state index in [2.05, 4.69) is 10.4 Å². The van der Waals surface area contributed by atoms with Crippen molar-refractivity contribution >= 4 is 11.9 Å². The number of carboxylic acid groups (broad SMARTS) is 1. The first kappa shape index (κ1) is 17.5. The summed E-state index contributed by atoms with van der Waals surface area (Å²) in [5.41, 5.74) is 0.834. The second-order valence-electron chi connectivity index (χ2n) is 6.45. The van der Waals surface area contributed by atoms with Crippen molar-refractivity contribution in [2.75, 3.05) is 6.61 Å². The summed E-state index contributed by atoms with van der Waals surface area (Å²) >= 11 is 0. The molecule has 0 bridgehead atoms. The van der Waals surface area contributed by atoms with Gasteiger partial charge >= 0.3 is 5.97 Å². The van der Waals surface area contributed by atoms with Crippen LogP contribution in [0.1, 0.15) is 44.9 Å². The molecule has 1 aliphatic heterocycles. The summed E-state index contributed by atoms with van der Waals surface area (Å²) in [6, 6.07) is 0.968. The van der Waals surface area contributed by atoms with Crippen molar-refractivity contribution < 1.29 is 19.4 Å². The average molecular weight is 323 g/mol. The van der Waals surface area contributed by atoms with Gasteiger partial charge in [0.05, 0.1) is 11.6 Å². The van der Waals surface area contributed by atoms with Gasteiger partial charge < -0.3 is 15.2 Å². The van der Waals surface area contributed by atoms with Crippen LogP contribution in [-0.4, -0.2) is 39.4 Å². The first-order valence-corrected chi connectivity index (χ1v) is 8.02. The van der Waals surface area contributed by atoms with Crippen LogP contribution in [0.2, 0.25) is 0 Å². The highest BCUT2D eigenvalue weighted by molar-refractivity contribution is 5.85. The predicted molar refractivity (Wildman–Crippen MR) is 83.6 cm³/mol. The minimum absolute atomic E-state index is 0.187. The highest BCUT2D eigenvalue weighted by Crippen LogP contribution is 2.33. The molecule has 0 aromatic carbocycles. The van der Waals surface area contributed by atoms with Crippen molar-refractivity contribution in [2.45, 2.75) is 45.3 Å². The first-order valence-electron chi connectivity index (χ1n) is 8.02. The second-order valence-corrected chi connectivity index (χ2v) is 6.45. The smallest absolute Gasteiger partial charge is 0.326 e. The Morgan fingerprint density at radius 3 is 2.83 bits per heavy atom. The topological polar surface area (TPSA) is 93.5 Å². The number of ether oxygens (including phenoxy) is 1. The molecule has 1 aliphatic rings. The van der Waals surface area contributed by atoms with Gasteiger partial charge in [0, 0.05) is 19.9 Å². The van der Waals surface area contributed by atoms with Gasteiger partial charge in [0.1, 0.15) is 12.1 Å². The van der Waals surface area contributed by atoms with Crippen LogP contribution in [0.3, 0.4) is 0 Å². The lowest BCUT2D eigenvalue weighted by molar-refractivity contribution is -0.145. The molecule has 2 N–H and O–H groups in total. The molecule has 0 saturated carbocycles. The monoisotopic (exact) mass is 323 g/mol. The molecule has 0 unspecified atom stereocenters. The Hall–Kier alpha value is -1.89. The lowest BCUT2D eigenvalue weighted by atomic mass is 9.90. The SMILES string of the molecule is CC(C)C[C@@H](NC(=O)[C@@H]1CCCO[C@H]1c1ccnn1C)C(=O)O. The number of hydrogen-bond acceptors (Lipinski definition) is 4. The van der Waals surface area contributed by atoms with E-state index in [1.807, 2.05) is 19.9 Å². The van der Waals surface area contributed by atoms with Crippen LogP contribution in [0, 0.1) is 11.8 Å². The van der Waals surface area contributed by atoms with Gasteiger partial charge in [0.15, 0.2) is 0 Å². The second kappa shape index (κ2) is 7.59. The number of nitrogens with one attached hydrogen (secondary N) is 1. The number of carboxylic acids is 1. The highest BCUT2D eigenvalue weighted by Gasteiger charge is 2.36. The summed E-state index contributed by atoms with van der Waals surface area (Å²) in [7, 11) is 1.81. The molecule has 1 saturated heterocycles. The Balaban J connectivity index is 2.12. The van der Waals surface area contributed by atoms with Crippen LogP contribution in [-0.2, 0) is 21.4 Å². The Labute approximate surface area is 136 Å². The molecule has 2 rings (SSSR count). The van der Waals surface area contributed by atoms with E-state index in [9.17, 15) is 14.7 Å². The van der Waals surface area contributed by atoms with Gasteiger partial charge in [0.2, 0.25) is 5.91 Å². The fourth-order valence-electron chi connectivity index (χ4n) is 2.98. The maximum Gasteiger partial charge on any atom is 0.326 e. The summed E-state index contributed by atoms with van der Waals surface area (Å²) < 4.78 is 7.48. The van der Waals surface area contributed by atoms with Gasteiger partial charge in [-0.15, -0.1) is 0 Å². The molecule has 1 amide bonds. The Morgan fingerprint density at radius 1 is 1.52 bits per heavy atom. The van der Waals surface area contributed by atoms with Crippen LogP contribution in [0.4, 0.5) is 0 Å². The zero-order chi connectivity index (χ0) is 17.0. The molecule has 3 atom stereocenters. The van der Waals surface area contributed by atoms with Crippen LogP contribution >= 0.6 is 0 Å². The van der Waals surface area contributed by atoms with Crippen molar-refractivity contribution in [1.29, 1.82) is 0 Å². The minimum atomic E-state index is -0.999. The summed E-state index contributed by atoms with van der Waals surface area (Å²) in [5.74, 6) is -1.47. The van der Waals surface area contributed by atoms with Gasteiger partial charge in [-0.2, -0.15) is 5.10 Å². The Morgan fingerprint density at radius 2 is 2.26 bits per heavy atom.